The molecule has 2 heterocycles. The van der Waals surface area contributed by atoms with Gasteiger partial charge in [-0.25, -0.2) is 0 Å². The smallest absolute Gasteiger partial charge is 0.0576 e. The van der Waals surface area contributed by atoms with E-state index in [1.807, 2.05) is 12.4 Å². The fourth-order valence-corrected chi connectivity index (χ4v) is 2.88. The van der Waals surface area contributed by atoms with Gasteiger partial charge >= 0.3 is 0 Å². The standard InChI is InChI=1S/C16H26N2O/c1-3-18-16(15-12-17-10-9-13(15)2)8-4-6-14-7-5-11-19-14/h9-10,12,14,16,18H,3-8,11H2,1-2H3. The van der Waals surface area contributed by atoms with Crippen molar-refractivity contribution in [3.63, 3.8) is 0 Å². The number of hydrogen-bond acceptors (Lipinski definition) is 3. The van der Waals surface area contributed by atoms with Gasteiger partial charge in [0.05, 0.1) is 6.10 Å². The molecule has 1 N–H and O–H groups in total. The minimum atomic E-state index is 0.431. The molecule has 2 atom stereocenters. The van der Waals surface area contributed by atoms with Crippen molar-refractivity contribution in [3.05, 3.63) is 29.6 Å². The molecule has 1 fully saturated rings. The lowest BCUT2D eigenvalue weighted by atomic mass is 9.97. The fraction of sp³-hybridized carbons (Fsp3) is 0.688. The molecule has 0 aromatic carbocycles. The summed E-state index contributed by atoms with van der Waals surface area (Å²) in [5.74, 6) is 0. The van der Waals surface area contributed by atoms with Gasteiger partial charge in [0.2, 0.25) is 0 Å². The van der Waals surface area contributed by atoms with Gasteiger partial charge < -0.3 is 10.1 Å². The molecule has 106 valence electrons. The Morgan fingerprint density at radius 3 is 3.11 bits per heavy atom. The molecular formula is C16H26N2O. The van der Waals surface area contributed by atoms with Crippen LogP contribution in [0.5, 0.6) is 0 Å². The van der Waals surface area contributed by atoms with Crippen LogP contribution in [0.2, 0.25) is 0 Å². The van der Waals surface area contributed by atoms with Gasteiger partial charge in [0, 0.05) is 25.0 Å². The number of nitrogens with zero attached hydrogens (tertiary/aromatic N) is 1. The van der Waals surface area contributed by atoms with E-state index in [9.17, 15) is 0 Å². The lowest BCUT2D eigenvalue weighted by Crippen LogP contribution is -2.22. The zero-order chi connectivity index (χ0) is 13.5. The monoisotopic (exact) mass is 262 g/mol. The number of pyridine rings is 1. The van der Waals surface area contributed by atoms with E-state index >= 15 is 0 Å². The van der Waals surface area contributed by atoms with Gasteiger partial charge in [0.1, 0.15) is 0 Å². The Hall–Kier alpha value is -0.930. The highest BCUT2D eigenvalue weighted by Gasteiger charge is 2.17. The summed E-state index contributed by atoms with van der Waals surface area (Å²) in [6, 6.07) is 2.53. The minimum Gasteiger partial charge on any atom is -0.378 e. The number of ether oxygens (including phenoxy) is 1. The summed E-state index contributed by atoms with van der Waals surface area (Å²) in [7, 11) is 0. The van der Waals surface area contributed by atoms with Gasteiger partial charge in [-0.1, -0.05) is 6.92 Å². The molecule has 2 rings (SSSR count). The Morgan fingerprint density at radius 2 is 2.42 bits per heavy atom. The average Bonchev–Trinajstić information content (AvgIpc) is 2.92. The van der Waals surface area contributed by atoms with Gasteiger partial charge in [0.25, 0.3) is 0 Å². The molecule has 1 aliphatic rings. The van der Waals surface area contributed by atoms with E-state index in [2.05, 4.69) is 30.2 Å². The summed E-state index contributed by atoms with van der Waals surface area (Å²) >= 11 is 0. The maximum atomic E-state index is 5.69. The number of hydrogen-bond donors (Lipinski definition) is 1. The molecule has 19 heavy (non-hydrogen) atoms. The van der Waals surface area contributed by atoms with Crippen LogP contribution in [0.15, 0.2) is 18.5 Å². The SMILES string of the molecule is CCNC(CCCC1CCCO1)c1cnccc1C. The maximum absolute atomic E-state index is 5.69. The van der Waals surface area contributed by atoms with Crippen LogP contribution in [0.3, 0.4) is 0 Å². The summed E-state index contributed by atoms with van der Waals surface area (Å²) in [6.07, 6.45) is 10.5. The second-order valence-corrected chi connectivity index (χ2v) is 5.41. The Bertz CT molecular complexity index is 375. The molecule has 3 nitrogen and oxygen atoms in total. The maximum Gasteiger partial charge on any atom is 0.0576 e. The van der Waals surface area contributed by atoms with E-state index in [1.165, 1.54) is 43.2 Å². The van der Waals surface area contributed by atoms with Crippen LogP contribution in [0.4, 0.5) is 0 Å². The highest BCUT2D eigenvalue weighted by Crippen LogP contribution is 2.24. The van der Waals surface area contributed by atoms with Crippen molar-refractivity contribution in [2.24, 2.45) is 0 Å². The Morgan fingerprint density at radius 1 is 1.53 bits per heavy atom. The fourth-order valence-electron chi connectivity index (χ4n) is 2.88. The molecule has 1 aromatic heterocycles. The highest BCUT2D eigenvalue weighted by molar-refractivity contribution is 5.24. The van der Waals surface area contributed by atoms with E-state index in [1.54, 1.807) is 0 Å². The molecule has 1 aromatic rings. The molecule has 1 saturated heterocycles. The quantitative estimate of drug-likeness (QED) is 0.818. The zero-order valence-electron chi connectivity index (χ0n) is 12.2. The van der Waals surface area contributed by atoms with Gasteiger partial charge in [0.15, 0.2) is 0 Å². The van der Waals surface area contributed by atoms with Gasteiger partial charge in [-0.3, -0.25) is 4.98 Å². The molecule has 0 spiro atoms. The third kappa shape index (κ3) is 4.29. The third-order valence-electron chi connectivity index (χ3n) is 3.95. The van der Waals surface area contributed by atoms with Crippen molar-refractivity contribution in [2.45, 2.75) is 58.1 Å². The van der Waals surface area contributed by atoms with Crippen molar-refractivity contribution in [2.75, 3.05) is 13.2 Å². The summed E-state index contributed by atoms with van der Waals surface area (Å²) in [5, 5.41) is 3.58. The topological polar surface area (TPSA) is 34.1 Å². The molecule has 0 saturated carbocycles. The van der Waals surface area contributed by atoms with Crippen LogP contribution < -0.4 is 5.32 Å². The first kappa shape index (κ1) is 14.5. The van der Waals surface area contributed by atoms with E-state index in [-0.39, 0.29) is 0 Å². The molecule has 1 aliphatic heterocycles. The first-order valence-corrected chi connectivity index (χ1v) is 7.56. The van der Waals surface area contributed by atoms with Gasteiger partial charge in [-0.2, -0.15) is 0 Å². The molecule has 2 unspecified atom stereocenters. The molecular weight excluding hydrogens is 236 g/mol. The Kier molecular flexibility index (Phi) is 5.80. The number of rotatable bonds is 7. The normalized spacial score (nSPS) is 20.6. The lowest BCUT2D eigenvalue weighted by Gasteiger charge is -2.20. The summed E-state index contributed by atoms with van der Waals surface area (Å²) in [6.45, 7) is 6.29. The predicted molar refractivity (Wildman–Crippen MR) is 78.2 cm³/mol. The van der Waals surface area contributed by atoms with E-state index in [0.717, 1.165) is 13.2 Å². The first-order valence-electron chi connectivity index (χ1n) is 7.56. The molecule has 0 bridgehead atoms. The second kappa shape index (κ2) is 7.61. The van der Waals surface area contributed by atoms with Crippen molar-refractivity contribution < 1.29 is 4.74 Å². The van der Waals surface area contributed by atoms with E-state index < -0.39 is 0 Å². The van der Waals surface area contributed by atoms with E-state index in [0.29, 0.717) is 12.1 Å². The zero-order valence-corrected chi connectivity index (χ0v) is 12.2. The number of nitrogens with one attached hydrogen (secondary N) is 1. The van der Waals surface area contributed by atoms with Gasteiger partial charge in [-0.05, 0) is 62.8 Å². The molecule has 0 radical (unpaired) electrons. The van der Waals surface area contributed by atoms with E-state index in [4.69, 9.17) is 4.74 Å². The predicted octanol–water partition coefficient (Wildman–Crippen LogP) is 3.39. The van der Waals surface area contributed by atoms with Crippen LogP contribution in [0.25, 0.3) is 0 Å². The van der Waals surface area contributed by atoms with Crippen LogP contribution in [0.1, 0.15) is 56.2 Å². The highest BCUT2D eigenvalue weighted by atomic mass is 16.5. The van der Waals surface area contributed by atoms with Crippen LogP contribution in [-0.2, 0) is 4.74 Å². The van der Waals surface area contributed by atoms with Crippen molar-refractivity contribution in [1.29, 1.82) is 0 Å². The minimum absolute atomic E-state index is 0.431. The number of aromatic nitrogens is 1. The molecule has 0 aliphatic carbocycles. The lowest BCUT2D eigenvalue weighted by molar-refractivity contribution is 0.101. The van der Waals surface area contributed by atoms with Gasteiger partial charge in [-0.15, -0.1) is 0 Å². The van der Waals surface area contributed by atoms with Crippen molar-refractivity contribution in [3.8, 4) is 0 Å². The van der Waals surface area contributed by atoms with Crippen molar-refractivity contribution in [1.82, 2.24) is 10.3 Å². The summed E-state index contributed by atoms with van der Waals surface area (Å²) in [4.78, 5) is 4.27. The molecule has 0 amide bonds. The first-order chi connectivity index (χ1) is 9.31. The van der Waals surface area contributed by atoms with Crippen LogP contribution in [-0.4, -0.2) is 24.2 Å². The Balaban J connectivity index is 1.87. The molecule has 3 heteroatoms. The summed E-state index contributed by atoms with van der Waals surface area (Å²) in [5.41, 5.74) is 2.68. The largest absolute Gasteiger partial charge is 0.378 e. The Labute approximate surface area is 116 Å². The third-order valence-corrected chi connectivity index (χ3v) is 3.95. The van der Waals surface area contributed by atoms with Crippen LogP contribution >= 0.6 is 0 Å². The van der Waals surface area contributed by atoms with Crippen molar-refractivity contribution >= 4 is 0 Å². The average molecular weight is 262 g/mol. The van der Waals surface area contributed by atoms with Crippen LogP contribution in [0, 0.1) is 6.92 Å². The number of aryl methyl sites for hydroxylation is 1. The summed E-state index contributed by atoms with van der Waals surface area (Å²) < 4.78 is 5.69. The second-order valence-electron chi connectivity index (χ2n) is 5.41.